The van der Waals surface area contributed by atoms with Crippen molar-refractivity contribution in [2.24, 2.45) is 5.73 Å². The van der Waals surface area contributed by atoms with Gasteiger partial charge in [-0.3, -0.25) is 5.10 Å². The van der Waals surface area contributed by atoms with E-state index < -0.39 is 0 Å². The highest BCUT2D eigenvalue weighted by atomic mass is 16.5. The molecule has 2 saturated heterocycles. The highest BCUT2D eigenvalue weighted by molar-refractivity contribution is 5.31. The van der Waals surface area contributed by atoms with E-state index in [4.69, 9.17) is 10.5 Å². The standard InChI is InChI=1S/C12H21N5O/c13-9-5-6-17(8-9)12-14-11(15-16-12)4-3-10-2-1-7-18-10/h9-10H,1-8,13H2,(H,14,15,16). The summed E-state index contributed by atoms with van der Waals surface area (Å²) in [6.07, 6.45) is 5.77. The van der Waals surface area contributed by atoms with E-state index in [1.165, 1.54) is 12.8 Å². The minimum absolute atomic E-state index is 0.263. The maximum atomic E-state index is 5.89. The largest absolute Gasteiger partial charge is 0.378 e. The predicted octanol–water partition coefficient (Wildman–Crippen LogP) is 0.454. The molecule has 6 nitrogen and oxygen atoms in total. The van der Waals surface area contributed by atoms with E-state index in [9.17, 15) is 0 Å². The fourth-order valence-electron chi connectivity index (χ4n) is 2.68. The minimum atomic E-state index is 0.263. The summed E-state index contributed by atoms with van der Waals surface area (Å²) < 4.78 is 5.61. The zero-order valence-electron chi connectivity index (χ0n) is 10.6. The van der Waals surface area contributed by atoms with Crippen LogP contribution in [0, 0.1) is 0 Å². The van der Waals surface area contributed by atoms with Gasteiger partial charge in [0.1, 0.15) is 5.82 Å². The summed E-state index contributed by atoms with van der Waals surface area (Å²) in [5.74, 6) is 1.76. The summed E-state index contributed by atoms with van der Waals surface area (Å²) in [5, 5.41) is 7.29. The van der Waals surface area contributed by atoms with Gasteiger partial charge in [-0.15, -0.1) is 5.10 Å². The van der Waals surface area contributed by atoms with Gasteiger partial charge in [0.2, 0.25) is 5.95 Å². The van der Waals surface area contributed by atoms with Gasteiger partial charge in [-0.2, -0.15) is 4.98 Å². The Balaban J connectivity index is 1.52. The fraction of sp³-hybridized carbons (Fsp3) is 0.833. The van der Waals surface area contributed by atoms with Gasteiger partial charge in [-0.25, -0.2) is 0 Å². The first kappa shape index (κ1) is 11.9. The third kappa shape index (κ3) is 2.64. The summed E-state index contributed by atoms with van der Waals surface area (Å²) >= 11 is 0. The molecule has 0 aliphatic carbocycles. The molecule has 0 spiro atoms. The zero-order chi connectivity index (χ0) is 12.4. The smallest absolute Gasteiger partial charge is 0.244 e. The van der Waals surface area contributed by atoms with Gasteiger partial charge < -0.3 is 15.4 Å². The Labute approximate surface area is 107 Å². The molecular formula is C12H21N5O. The van der Waals surface area contributed by atoms with Crippen molar-refractivity contribution in [3.05, 3.63) is 5.82 Å². The van der Waals surface area contributed by atoms with Gasteiger partial charge in [-0.05, 0) is 25.7 Å². The number of ether oxygens (including phenoxy) is 1. The van der Waals surface area contributed by atoms with Gasteiger partial charge in [-0.1, -0.05) is 0 Å². The number of hydrogen-bond donors (Lipinski definition) is 2. The van der Waals surface area contributed by atoms with E-state index in [1.807, 2.05) is 0 Å². The second-order valence-corrected chi connectivity index (χ2v) is 5.25. The number of aryl methyl sites for hydroxylation is 1. The molecule has 3 N–H and O–H groups in total. The average Bonchev–Trinajstić information content (AvgIpc) is 3.07. The first-order valence-electron chi connectivity index (χ1n) is 6.84. The SMILES string of the molecule is NC1CCN(c2n[nH]c(CCC3CCCO3)n2)C1. The Kier molecular flexibility index (Phi) is 3.47. The lowest BCUT2D eigenvalue weighted by Gasteiger charge is -2.11. The van der Waals surface area contributed by atoms with E-state index in [1.54, 1.807) is 0 Å². The molecule has 1 aromatic heterocycles. The molecule has 3 heterocycles. The van der Waals surface area contributed by atoms with Crippen molar-refractivity contribution in [3.63, 3.8) is 0 Å². The van der Waals surface area contributed by atoms with Crippen LogP contribution in [-0.4, -0.2) is 47.0 Å². The van der Waals surface area contributed by atoms with Crippen LogP contribution in [0.1, 0.15) is 31.5 Å². The predicted molar refractivity (Wildman–Crippen MR) is 68.5 cm³/mol. The molecule has 2 aliphatic heterocycles. The number of H-pyrrole nitrogens is 1. The van der Waals surface area contributed by atoms with Crippen molar-refractivity contribution in [3.8, 4) is 0 Å². The molecule has 3 rings (SSSR count). The van der Waals surface area contributed by atoms with Crippen LogP contribution in [0.25, 0.3) is 0 Å². The number of nitrogens with one attached hydrogen (secondary N) is 1. The van der Waals surface area contributed by atoms with Crippen LogP contribution in [0.3, 0.4) is 0 Å². The first-order valence-corrected chi connectivity index (χ1v) is 6.84. The van der Waals surface area contributed by atoms with Crippen LogP contribution in [0.4, 0.5) is 5.95 Å². The quantitative estimate of drug-likeness (QED) is 0.812. The highest BCUT2D eigenvalue weighted by Gasteiger charge is 2.22. The molecule has 0 bridgehead atoms. The molecule has 0 aromatic carbocycles. The van der Waals surface area contributed by atoms with Gasteiger partial charge in [0.05, 0.1) is 6.10 Å². The molecular weight excluding hydrogens is 230 g/mol. The molecule has 0 amide bonds. The number of rotatable bonds is 4. The fourth-order valence-corrected chi connectivity index (χ4v) is 2.68. The summed E-state index contributed by atoms with van der Waals surface area (Å²) in [7, 11) is 0. The number of aromatic nitrogens is 3. The summed E-state index contributed by atoms with van der Waals surface area (Å²) in [5.41, 5.74) is 5.89. The maximum absolute atomic E-state index is 5.89. The van der Waals surface area contributed by atoms with Crippen molar-refractivity contribution >= 4 is 5.95 Å². The summed E-state index contributed by atoms with van der Waals surface area (Å²) in [4.78, 5) is 6.69. The van der Waals surface area contributed by atoms with Crippen LogP contribution in [0.5, 0.6) is 0 Å². The lowest BCUT2D eigenvalue weighted by Crippen LogP contribution is -2.27. The molecule has 6 heteroatoms. The zero-order valence-corrected chi connectivity index (χ0v) is 10.6. The third-order valence-electron chi connectivity index (χ3n) is 3.75. The molecule has 18 heavy (non-hydrogen) atoms. The van der Waals surface area contributed by atoms with Crippen LogP contribution >= 0.6 is 0 Å². The number of nitrogens with zero attached hydrogens (tertiary/aromatic N) is 3. The Bertz CT molecular complexity index is 388. The number of nitrogens with two attached hydrogens (primary N) is 1. The number of aromatic amines is 1. The van der Waals surface area contributed by atoms with Gasteiger partial charge in [0.25, 0.3) is 0 Å². The molecule has 2 atom stereocenters. The van der Waals surface area contributed by atoms with Crippen molar-refractivity contribution in [1.82, 2.24) is 15.2 Å². The van der Waals surface area contributed by atoms with Crippen LogP contribution < -0.4 is 10.6 Å². The molecule has 100 valence electrons. The monoisotopic (exact) mass is 251 g/mol. The van der Waals surface area contributed by atoms with Gasteiger partial charge in [0, 0.05) is 32.2 Å². The van der Waals surface area contributed by atoms with E-state index in [0.717, 1.165) is 50.7 Å². The number of hydrogen-bond acceptors (Lipinski definition) is 5. The van der Waals surface area contributed by atoms with Crippen molar-refractivity contribution in [1.29, 1.82) is 0 Å². The molecule has 2 fully saturated rings. The normalized spacial score (nSPS) is 28.2. The van der Waals surface area contributed by atoms with E-state index >= 15 is 0 Å². The lowest BCUT2D eigenvalue weighted by molar-refractivity contribution is 0.104. The lowest BCUT2D eigenvalue weighted by atomic mass is 10.1. The van der Waals surface area contributed by atoms with Gasteiger partial charge in [0.15, 0.2) is 0 Å². The van der Waals surface area contributed by atoms with Gasteiger partial charge >= 0.3 is 0 Å². The van der Waals surface area contributed by atoms with Crippen molar-refractivity contribution in [2.75, 3.05) is 24.6 Å². The maximum Gasteiger partial charge on any atom is 0.244 e. The second-order valence-electron chi connectivity index (χ2n) is 5.25. The van der Waals surface area contributed by atoms with Crippen molar-refractivity contribution in [2.45, 2.75) is 44.2 Å². The Morgan fingerprint density at radius 2 is 2.39 bits per heavy atom. The van der Waals surface area contributed by atoms with Crippen LogP contribution in [0.15, 0.2) is 0 Å². The minimum Gasteiger partial charge on any atom is -0.378 e. The van der Waals surface area contributed by atoms with Crippen LogP contribution in [0.2, 0.25) is 0 Å². The first-order chi connectivity index (χ1) is 8.81. The topological polar surface area (TPSA) is 80.1 Å². The average molecular weight is 251 g/mol. The third-order valence-corrected chi connectivity index (χ3v) is 3.75. The molecule has 2 aliphatic rings. The summed E-state index contributed by atoms with van der Waals surface area (Å²) in [6, 6.07) is 0.263. The van der Waals surface area contributed by atoms with E-state index in [2.05, 4.69) is 20.1 Å². The van der Waals surface area contributed by atoms with E-state index in [-0.39, 0.29) is 6.04 Å². The van der Waals surface area contributed by atoms with Crippen LogP contribution in [-0.2, 0) is 11.2 Å². The van der Waals surface area contributed by atoms with E-state index in [0.29, 0.717) is 6.10 Å². The summed E-state index contributed by atoms with van der Waals surface area (Å²) in [6.45, 7) is 2.74. The molecule has 2 unspecified atom stereocenters. The highest BCUT2D eigenvalue weighted by Crippen LogP contribution is 2.18. The Hall–Kier alpha value is -1.14. The van der Waals surface area contributed by atoms with Crippen molar-refractivity contribution < 1.29 is 4.74 Å². The Morgan fingerprint density at radius 1 is 1.44 bits per heavy atom. The molecule has 0 saturated carbocycles. The second kappa shape index (κ2) is 5.24. The molecule has 1 aromatic rings. The Morgan fingerprint density at radius 3 is 3.11 bits per heavy atom. The number of anilines is 1. The molecule has 0 radical (unpaired) electrons.